The van der Waals surface area contributed by atoms with Gasteiger partial charge in [-0.3, -0.25) is 0 Å². The van der Waals surface area contributed by atoms with Crippen LogP contribution in [0.5, 0.6) is 0 Å². The van der Waals surface area contributed by atoms with Gasteiger partial charge >= 0.3 is 0 Å². The largest absolute Gasteiger partial charge is 0.387 e. The van der Waals surface area contributed by atoms with Crippen LogP contribution in [0.15, 0.2) is 40.8 Å². The van der Waals surface area contributed by atoms with Crippen molar-refractivity contribution in [3.05, 3.63) is 41.5 Å². The van der Waals surface area contributed by atoms with Crippen molar-refractivity contribution in [2.45, 2.75) is 56.9 Å². The molecule has 6 heteroatoms. The normalized spacial score (nSPS) is 24.8. The Morgan fingerprint density at radius 3 is 2.48 bits per heavy atom. The Hall–Kier alpha value is -1.21. The van der Waals surface area contributed by atoms with E-state index in [0.29, 0.717) is 12.8 Å². The number of hydrogen-bond donors (Lipinski definition) is 1. The fourth-order valence-electron chi connectivity index (χ4n) is 2.94. The van der Waals surface area contributed by atoms with Crippen LogP contribution in [0, 0.1) is 6.92 Å². The lowest BCUT2D eigenvalue weighted by atomic mass is 10.0. The standard InChI is InChI=1S/C17H25NO4S/c1-5-13(3)17(19)15-10-11-16(22-4)18(15)23(20,21)14-8-6-12(2)7-9-14/h5-9,15-17,19H,10-11H2,1-4H3/b13-5+. The van der Waals surface area contributed by atoms with Crippen molar-refractivity contribution in [1.29, 1.82) is 0 Å². The zero-order chi connectivity index (χ0) is 17.2. The maximum Gasteiger partial charge on any atom is 0.245 e. The van der Waals surface area contributed by atoms with E-state index >= 15 is 0 Å². The molecule has 1 aromatic carbocycles. The van der Waals surface area contributed by atoms with Gasteiger partial charge in [-0.15, -0.1) is 0 Å². The van der Waals surface area contributed by atoms with E-state index in [1.165, 1.54) is 11.4 Å². The average Bonchev–Trinajstić information content (AvgIpc) is 2.98. The summed E-state index contributed by atoms with van der Waals surface area (Å²) < 4.78 is 32.8. The molecule has 1 N–H and O–H groups in total. The minimum atomic E-state index is -3.73. The molecule has 0 aliphatic carbocycles. The highest BCUT2D eigenvalue weighted by Crippen LogP contribution is 2.34. The molecule has 0 saturated carbocycles. The first-order valence-corrected chi connectivity index (χ1v) is 9.20. The molecule has 1 saturated heterocycles. The van der Waals surface area contributed by atoms with Gasteiger partial charge in [-0.25, -0.2) is 8.42 Å². The predicted molar refractivity (Wildman–Crippen MR) is 89.5 cm³/mol. The second-order valence-corrected chi connectivity index (χ2v) is 7.80. The second-order valence-electron chi connectivity index (χ2n) is 5.96. The quantitative estimate of drug-likeness (QED) is 0.837. The van der Waals surface area contributed by atoms with E-state index in [9.17, 15) is 13.5 Å². The SMILES string of the molecule is C/C=C(\C)C(O)C1CCC(OC)N1S(=O)(=O)c1ccc(C)cc1. The molecule has 23 heavy (non-hydrogen) atoms. The van der Waals surface area contributed by atoms with Crippen LogP contribution in [0.2, 0.25) is 0 Å². The molecular formula is C17H25NO4S. The van der Waals surface area contributed by atoms with E-state index in [0.717, 1.165) is 11.1 Å². The minimum absolute atomic E-state index is 0.224. The Morgan fingerprint density at radius 1 is 1.35 bits per heavy atom. The van der Waals surface area contributed by atoms with Gasteiger partial charge in [-0.05, 0) is 51.3 Å². The van der Waals surface area contributed by atoms with Crippen LogP contribution in [0.4, 0.5) is 0 Å². The molecule has 0 radical (unpaired) electrons. The van der Waals surface area contributed by atoms with Crippen LogP contribution in [0.3, 0.4) is 0 Å². The molecular weight excluding hydrogens is 314 g/mol. The first-order valence-electron chi connectivity index (χ1n) is 7.76. The number of aliphatic hydroxyl groups excluding tert-OH is 1. The Labute approximate surface area is 138 Å². The highest BCUT2D eigenvalue weighted by atomic mass is 32.2. The molecule has 3 atom stereocenters. The summed E-state index contributed by atoms with van der Waals surface area (Å²) in [6.07, 6.45) is 1.56. The van der Waals surface area contributed by atoms with Crippen molar-refractivity contribution < 1.29 is 18.3 Å². The lowest BCUT2D eigenvalue weighted by Gasteiger charge is -2.31. The summed E-state index contributed by atoms with van der Waals surface area (Å²) >= 11 is 0. The highest BCUT2D eigenvalue weighted by Gasteiger charge is 2.45. The topological polar surface area (TPSA) is 66.8 Å². The third-order valence-corrected chi connectivity index (χ3v) is 6.40. The molecule has 1 fully saturated rings. The third-order valence-electron chi connectivity index (χ3n) is 4.47. The molecule has 0 amide bonds. The number of sulfonamides is 1. The lowest BCUT2D eigenvalue weighted by molar-refractivity contribution is 0.0122. The third kappa shape index (κ3) is 3.50. The summed E-state index contributed by atoms with van der Waals surface area (Å²) in [5.41, 5.74) is 1.76. The highest BCUT2D eigenvalue weighted by molar-refractivity contribution is 7.89. The zero-order valence-corrected chi connectivity index (χ0v) is 14.9. The summed E-state index contributed by atoms with van der Waals surface area (Å²) in [6.45, 7) is 5.55. The Balaban J connectivity index is 2.43. The number of nitrogens with zero attached hydrogens (tertiary/aromatic N) is 1. The smallest absolute Gasteiger partial charge is 0.245 e. The Bertz CT molecular complexity index is 666. The van der Waals surface area contributed by atoms with Crippen molar-refractivity contribution in [3.63, 3.8) is 0 Å². The summed E-state index contributed by atoms with van der Waals surface area (Å²) in [4.78, 5) is 0.224. The van der Waals surface area contributed by atoms with E-state index in [2.05, 4.69) is 0 Å². The number of hydrogen-bond acceptors (Lipinski definition) is 4. The number of aryl methyl sites for hydroxylation is 1. The zero-order valence-electron chi connectivity index (χ0n) is 14.1. The second kappa shape index (κ2) is 7.13. The molecule has 5 nitrogen and oxygen atoms in total. The van der Waals surface area contributed by atoms with Gasteiger partial charge in [0.05, 0.1) is 17.0 Å². The average molecular weight is 339 g/mol. The molecule has 1 aliphatic heterocycles. The first-order chi connectivity index (χ1) is 10.8. The monoisotopic (exact) mass is 339 g/mol. The summed E-state index contributed by atoms with van der Waals surface area (Å²) in [5, 5.41) is 10.5. The maximum absolute atomic E-state index is 13.1. The number of ether oxygens (including phenoxy) is 1. The number of benzene rings is 1. The minimum Gasteiger partial charge on any atom is -0.387 e. The van der Waals surface area contributed by atoms with Crippen molar-refractivity contribution in [1.82, 2.24) is 4.31 Å². The summed E-state index contributed by atoms with van der Waals surface area (Å²) in [6, 6.07) is 6.23. The van der Waals surface area contributed by atoms with Crippen LogP contribution < -0.4 is 0 Å². The molecule has 0 spiro atoms. The lowest BCUT2D eigenvalue weighted by Crippen LogP contribution is -2.47. The molecule has 128 valence electrons. The molecule has 0 bridgehead atoms. The van der Waals surface area contributed by atoms with E-state index in [1.54, 1.807) is 24.3 Å². The van der Waals surface area contributed by atoms with Crippen molar-refractivity contribution in [2.24, 2.45) is 0 Å². The van der Waals surface area contributed by atoms with E-state index < -0.39 is 28.4 Å². The number of methoxy groups -OCH3 is 1. The summed E-state index contributed by atoms with van der Waals surface area (Å²) in [5.74, 6) is 0. The van der Waals surface area contributed by atoms with Crippen molar-refractivity contribution >= 4 is 10.0 Å². The van der Waals surface area contributed by atoms with Crippen LogP contribution in [-0.2, 0) is 14.8 Å². The molecule has 2 rings (SSSR count). The van der Waals surface area contributed by atoms with Gasteiger partial charge < -0.3 is 9.84 Å². The Morgan fingerprint density at radius 2 is 1.96 bits per heavy atom. The molecule has 1 heterocycles. The van der Waals surface area contributed by atoms with E-state index in [1.807, 2.05) is 26.8 Å². The van der Waals surface area contributed by atoms with Crippen LogP contribution in [0.1, 0.15) is 32.3 Å². The van der Waals surface area contributed by atoms with Crippen LogP contribution in [-0.4, -0.2) is 43.3 Å². The molecule has 1 aliphatic rings. The number of aliphatic hydroxyl groups is 1. The van der Waals surface area contributed by atoms with E-state index in [4.69, 9.17) is 4.74 Å². The van der Waals surface area contributed by atoms with E-state index in [-0.39, 0.29) is 4.90 Å². The van der Waals surface area contributed by atoms with Gasteiger partial charge in [0, 0.05) is 7.11 Å². The van der Waals surface area contributed by atoms with Gasteiger partial charge in [0.15, 0.2) is 0 Å². The van der Waals surface area contributed by atoms with Gasteiger partial charge in [0.2, 0.25) is 10.0 Å². The van der Waals surface area contributed by atoms with Crippen molar-refractivity contribution in [3.8, 4) is 0 Å². The number of rotatable bonds is 5. The Kier molecular flexibility index (Phi) is 5.62. The van der Waals surface area contributed by atoms with Crippen molar-refractivity contribution in [2.75, 3.05) is 7.11 Å². The molecule has 3 unspecified atom stereocenters. The fourth-order valence-corrected chi connectivity index (χ4v) is 4.74. The van der Waals surface area contributed by atoms with Crippen LogP contribution in [0.25, 0.3) is 0 Å². The maximum atomic E-state index is 13.1. The first kappa shape index (κ1) is 18.1. The fraction of sp³-hybridized carbons (Fsp3) is 0.529. The molecule has 1 aromatic rings. The van der Waals surface area contributed by atoms with Gasteiger partial charge in [-0.1, -0.05) is 23.8 Å². The van der Waals surface area contributed by atoms with Crippen LogP contribution >= 0.6 is 0 Å². The van der Waals surface area contributed by atoms with Gasteiger partial charge in [0.1, 0.15) is 6.23 Å². The summed E-state index contributed by atoms with van der Waals surface area (Å²) in [7, 11) is -2.23. The van der Waals surface area contributed by atoms with Gasteiger partial charge in [-0.2, -0.15) is 4.31 Å². The number of allylic oxidation sites excluding steroid dienone is 1. The van der Waals surface area contributed by atoms with Gasteiger partial charge in [0.25, 0.3) is 0 Å². The predicted octanol–water partition coefficient (Wildman–Crippen LogP) is 2.45. The molecule has 0 aromatic heterocycles.